The topological polar surface area (TPSA) is 64.1 Å². The quantitative estimate of drug-likeness (QED) is 0.724. The van der Waals surface area contributed by atoms with Crippen molar-refractivity contribution >= 4 is 11.8 Å². The molecule has 0 bridgehead atoms. The van der Waals surface area contributed by atoms with Gasteiger partial charge in [-0.05, 0) is 19.4 Å². The molecule has 2 fully saturated rings. The molecule has 0 aromatic carbocycles. The minimum absolute atomic E-state index is 0.0759. The molecule has 1 atom stereocenters. The van der Waals surface area contributed by atoms with Gasteiger partial charge < -0.3 is 14.9 Å². The fourth-order valence-electron chi connectivity index (χ4n) is 2.85. The summed E-state index contributed by atoms with van der Waals surface area (Å²) in [6.07, 6.45) is 2.03. The first-order valence-electron chi connectivity index (χ1n) is 7.00. The summed E-state index contributed by atoms with van der Waals surface area (Å²) in [5.41, 5.74) is 0. The number of hydrogen-bond donors (Lipinski definition) is 1. The molecule has 2 aliphatic heterocycles. The van der Waals surface area contributed by atoms with Crippen molar-refractivity contribution < 1.29 is 14.7 Å². The highest BCUT2D eigenvalue weighted by molar-refractivity contribution is 5.79. The first-order chi connectivity index (χ1) is 9.11. The van der Waals surface area contributed by atoms with Gasteiger partial charge in [0.25, 0.3) is 0 Å². The Morgan fingerprint density at radius 3 is 2.32 bits per heavy atom. The molecule has 108 valence electrons. The second kappa shape index (κ2) is 6.34. The third-order valence-corrected chi connectivity index (χ3v) is 4.13. The Morgan fingerprint density at radius 2 is 1.74 bits per heavy atom. The maximum Gasteiger partial charge on any atom is 0.236 e. The first-order valence-corrected chi connectivity index (χ1v) is 7.00. The molecule has 2 heterocycles. The lowest BCUT2D eigenvalue weighted by Gasteiger charge is -2.35. The summed E-state index contributed by atoms with van der Waals surface area (Å²) < 4.78 is 0. The monoisotopic (exact) mass is 269 g/mol. The van der Waals surface area contributed by atoms with Gasteiger partial charge in [0.05, 0.1) is 13.2 Å². The van der Waals surface area contributed by atoms with Crippen molar-refractivity contribution in [2.75, 3.05) is 45.9 Å². The Bertz CT molecular complexity index is 340. The molecule has 0 aromatic rings. The van der Waals surface area contributed by atoms with Crippen molar-refractivity contribution in [3.63, 3.8) is 0 Å². The summed E-state index contributed by atoms with van der Waals surface area (Å²) in [6.45, 7) is 5.48. The van der Waals surface area contributed by atoms with Crippen LogP contribution in [0.15, 0.2) is 0 Å². The van der Waals surface area contributed by atoms with Crippen LogP contribution in [-0.4, -0.2) is 83.5 Å². The van der Waals surface area contributed by atoms with Crippen molar-refractivity contribution in [1.82, 2.24) is 14.7 Å². The summed E-state index contributed by atoms with van der Waals surface area (Å²) in [5.74, 6) is 0.190. The van der Waals surface area contributed by atoms with Gasteiger partial charge in [0.1, 0.15) is 0 Å². The normalized spacial score (nSPS) is 24.8. The van der Waals surface area contributed by atoms with Crippen LogP contribution < -0.4 is 0 Å². The lowest BCUT2D eigenvalue weighted by Crippen LogP contribution is -2.52. The van der Waals surface area contributed by atoms with E-state index in [9.17, 15) is 14.7 Å². The van der Waals surface area contributed by atoms with Crippen LogP contribution in [0.5, 0.6) is 0 Å². The number of likely N-dealkylation sites (tertiary alicyclic amines) is 1. The molecule has 2 saturated heterocycles. The smallest absolute Gasteiger partial charge is 0.236 e. The van der Waals surface area contributed by atoms with Gasteiger partial charge >= 0.3 is 0 Å². The molecule has 6 heteroatoms. The average Bonchev–Trinajstić information content (AvgIpc) is 2.86. The van der Waals surface area contributed by atoms with Crippen molar-refractivity contribution in [3.8, 4) is 0 Å². The highest BCUT2D eigenvalue weighted by Gasteiger charge is 2.28. The highest BCUT2D eigenvalue weighted by Crippen LogP contribution is 2.16. The van der Waals surface area contributed by atoms with E-state index in [1.54, 1.807) is 11.8 Å². The van der Waals surface area contributed by atoms with Gasteiger partial charge in [0.15, 0.2) is 0 Å². The maximum atomic E-state index is 12.2. The van der Waals surface area contributed by atoms with Crippen LogP contribution in [-0.2, 0) is 9.59 Å². The van der Waals surface area contributed by atoms with Crippen LogP contribution in [0.2, 0.25) is 0 Å². The van der Waals surface area contributed by atoms with Gasteiger partial charge in [-0.25, -0.2) is 0 Å². The van der Waals surface area contributed by atoms with Gasteiger partial charge in [-0.2, -0.15) is 0 Å². The molecular formula is C13H23N3O3. The van der Waals surface area contributed by atoms with E-state index >= 15 is 0 Å². The van der Waals surface area contributed by atoms with Crippen LogP contribution in [0.3, 0.4) is 0 Å². The number of amides is 2. The van der Waals surface area contributed by atoms with E-state index in [-0.39, 0.29) is 24.5 Å². The van der Waals surface area contributed by atoms with E-state index < -0.39 is 0 Å². The van der Waals surface area contributed by atoms with Crippen molar-refractivity contribution in [2.24, 2.45) is 0 Å². The van der Waals surface area contributed by atoms with E-state index in [1.807, 2.05) is 4.90 Å². The molecule has 0 radical (unpaired) electrons. The van der Waals surface area contributed by atoms with Crippen LogP contribution in [0.1, 0.15) is 19.8 Å². The largest absolute Gasteiger partial charge is 0.395 e. The molecule has 0 aromatic heterocycles. The molecule has 6 nitrogen and oxygen atoms in total. The van der Waals surface area contributed by atoms with Crippen LogP contribution in [0.4, 0.5) is 0 Å². The molecule has 2 aliphatic rings. The van der Waals surface area contributed by atoms with Crippen LogP contribution in [0, 0.1) is 0 Å². The Hall–Kier alpha value is -1.14. The molecule has 0 spiro atoms. The standard InChI is InChI=1S/C13H23N3O3/c1-11(18)14-5-7-15(8-6-14)13(19)9-16-4-2-3-12(16)10-17/h12,17H,2-10H2,1H3/t12-/m1/s1. The van der Waals surface area contributed by atoms with E-state index in [2.05, 4.69) is 4.90 Å². The number of hydrogen-bond acceptors (Lipinski definition) is 4. The number of carbonyl (C=O) groups excluding carboxylic acids is 2. The van der Waals surface area contributed by atoms with Crippen molar-refractivity contribution in [1.29, 1.82) is 0 Å². The summed E-state index contributed by atoms with van der Waals surface area (Å²) >= 11 is 0. The first kappa shape index (κ1) is 14.3. The fourth-order valence-corrected chi connectivity index (χ4v) is 2.85. The highest BCUT2D eigenvalue weighted by atomic mass is 16.3. The van der Waals surface area contributed by atoms with Gasteiger partial charge in [-0.3, -0.25) is 14.5 Å². The van der Waals surface area contributed by atoms with Crippen molar-refractivity contribution in [3.05, 3.63) is 0 Å². The van der Waals surface area contributed by atoms with E-state index in [0.29, 0.717) is 32.7 Å². The third-order valence-electron chi connectivity index (χ3n) is 4.13. The Labute approximate surface area is 114 Å². The number of aliphatic hydroxyl groups excluding tert-OH is 1. The third kappa shape index (κ3) is 3.45. The summed E-state index contributed by atoms with van der Waals surface area (Å²) in [6, 6.07) is 0.141. The van der Waals surface area contributed by atoms with E-state index in [1.165, 1.54) is 0 Å². The maximum absolute atomic E-state index is 12.2. The number of piperazine rings is 1. The number of rotatable bonds is 3. The fraction of sp³-hybridized carbons (Fsp3) is 0.846. The molecule has 2 amide bonds. The summed E-state index contributed by atoms with van der Waals surface area (Å²) in [5, 5.41) is 9.24. The van der Waals surface area contributed by atoms with Gasteiger partial charge in [0.2, 0.25) is 11.8 Å². The average molecular weight is 269 g/mol. The minimum Gasteiger partial charge on any atom is -0.395 e. The molecule has 19 heavy (non-hydrogen) atoms. The van der Waals surface area contributed by atoms with Crippen LogP contribution in [0.25, 0.3) is 0 Å². The van der Waals surface area contributed by atoms with Gasteiger partial charge in [-0.15, -0.1) is 0 Å². The Morgan fingerprint density at radius 1 is 1.11 bits per heavy atom. The predicted octanol–water partition coefficient (Wildman–Crippen LogP) is -0.866. The zero-order valence-corrected chi connectivity index (χ0v) is 11.5. The SMILES string of the molecule is CC(=O)N1CCN(C(=O)CN2CCC[C@@H]2CO)CC1. The number of carbonyl (C=O) groups is 2. The second-order valence-electron chi connectivity index (χ2n) is 5.34. The van der Waals surface area contributed by atoms with Gasteiger partial charge in [0, 0.05) is 39.1 Å². The molecule has 2 rings (SSSR count). The lowest BCUT2D eigenvalue weighted by molar-refractivity contribution is -0.139. The summed E-state index contributed by atoms with van der Waals surface area (Å²) in [7, 11) is 0. The number of aliphatic hydroxyl groups is 1. The second-order valence-corrected chi connectivity index (χ2v) is 5.34. The molecule has 0 aliphatic carbocycles. The predicted molar refractivity (Wildman–Crippen MR) is 70.5 cm³/mol. The minimum atomic E-state index is 0.0759. The Kier molecular flexibility index (Phi) is 4.76. The Balaban J connectivity index is 1.80. The van der Waals surface area contributed by atoms with Crippen molar-refractivity contribution in [2.45, 2.75) is 25.8 Å². The molecule has 0 saturated carbocycles. The lowest BCUT2D eigenvalue weighted by atomic mass is 10.2. The molecule has 1 N–H and O–H groups in total. The van der Waals surface area contributed by atoms with E-state index in [0.717, 1.165) is 19.4 Å². The summed E-state index contributed by atoms with van der Waals surface area (Å²) in [4.78, 5) is 29.1. The number of nitrogens with zero attached hydrogens (tertiary/aromatic N) is 3. The zero-order chi connectivity index (χ0) is 13.8. The zero-order valence-electron chi connectivity index (χ0n) is 11.5. The molecule has 0 unspecified atom stereocenters. The molecular weight excluding hydrogens is 246 g/mol. The van der Waals surface area contributed by atoms with Crippen LogP contribution >= 0.6 is 0 Å². The van der Waals surface area contributed by atoms with Gasteiger partial charge in [-0.1, -0.05) is 0 Å². The van der Waals surface area contributed by atoms with E-state index in [4.69, 9.17) is 0 Å².